The Labute approximate surface area is 525 Å². The molecule has 73 heavy (non-hydrogen) atoms. The van der Waals surface area contributed by atoms with Crippen LogP contribution in [0.2, 0.25) is 0 Å². The summed E-state index contributed by atoms with van der Waals surface area (Å²) in [5.74, 6) is -0.953. The van der Waals surface area contributed by atoms with Crippen molar-refractivity contribution in [3.05, 3.63) is 137 Å². The Hall–Kier alpha value is -2.25. The Bertz CT molecular complexity index is 4120. The van der Waals surface area contributed by atoms with Crippen LogP contribution in [0.3, 0.4) is 0 Å². The first kappa shape index (κ1) is 65.0. The number of anilines is 2. The van der Waals surface area contributed by atoms with Gasteiger partial charge >= 0.3 is 148 Å². The molecule has 3 N–H and O–H groups in total. The van der Waals surface area contributed by atoms with Gasteiger partial charge in [0.2, 0.25) is 0 Å². The molecule has 6 aromatic rings. The van der Waals surface area contributed by atoms with Crippen LogP contribution in [0.15, 0.2) is 177 Å². The molecular weight excluding hydrogens is 1110 g/mol. The quantitative estimate of drug-likeness (QED) is 0.0443. The van der Waals surface area contributed by atoms with Crippen LogP contribution in [0.25, 0.3) is 32.3 Å². The molecule has 23 nitrogen and oxygen atoms in total. The third-order valence-corrected chi connectivity index (χ3v) is 14.4. The molecule has 2 aliphatic carbocycles. The van der Waals surface area contributed by atoms with E-state index in [0.717, 1.165) is 60.7 Å². The molecule has 348 valence electrons. The monoisotopic (exact) mass is 1130 g/mol. The molecule has 0 saturated heterocycles. The van der Waals surface area contributed by atoms with E-state index in [1.54, 1.807) is 0 Å². The fourth-order valence-electron chi connectivity index (χ4n) is 7.09. The van der Waals surface area contributed by atoms with Crippen LogP contribution in [-0.4, -0.2) is 76.3 Å². The van der Waals surface area contributed by atoms with Crippen LogP contribution in [0.5, 0.6) is 0 Å². The average molecular weight is 1130 g/mol. The first-order valence-electron chi connectivity index (χ1n) is 18.5. The van der Waals surface area contributed by atoms with Gasteiger partial charge in [-0.2, -0.15) is 0 Å². The van der Waals surface area contributed by atoms with E-state index in [4.69, 9.17) is 5.41 Å². The predicted molar refractivity (Wildman–Crippen MR) is 234 cm³/mol. The van der Waals surface area contributed by atoms with Gasteiger partial charge in [-0.3, -0.25) is 10.2 Å². The van der Waals surface area contributed by atoms with Crippen LogP contribution in [0.1, 0.15) is 0 Å². The number of rotatable bonds is 12. The van der Waals surface area contributed by atoms with Crippen molar-refractivity contribution in [1.82, 2.24) is 0 Å². The van der Waals surface area contributed by atoms with E-state index in [1.165, 1.54) is 48.6 Å². The van der Waals surface area contributed by atoms with Gasteiger partial charge in [0.15, 0.2) is 5.78 Å². The van der Waals surface area contributed by atoms with Gasteiger partial charge in [-0.1, -0.05) is 30.3 Å². The number of hydrogen-bond acceptors (Lipinski definition) is 23. The van der Waals surface area contributed by atoms with Crippen molar-refractivity contribution in [2.75, 3.05) is 10.9 Å². The Balaban J connectivity index is 0.00000281. The number of nitrogens with one attached hydrogen (secondary N) is 3. The summed E-state index contributed by atoms with van der Waals surface area (Å²) in [5, 5.41) is 24.3. The number of carbonyl (C=O) groups excluding carboxylic acids is 1. The van der Waals surface area contributed by atoms with Crippen molar-refractivity contribution in [3.8, 4) is 0 Å². The molecular formula is C40H22N7Na5O16S5. The third kappa shape index (κ3) is 14.3. The predicted octanol–water partition coefficient (Wildman–Crippen LogP) is -9.50. The summed E-state index contributed by atoms with van der Waals surface area (Å²) >= 11 is 0. The number of allylic oxidation sites excluding steroid dienone is 6. The largest absolute Gasteiger partial charge is 1.00 e. The molecule has 33 heteroatoms. The number of fused-ring (bicyclic) bond motifs is 4. The fraction of sp³-hybridized carbons (Fsp3) is 0. The van der Waals surface area contributed by atoms with Gasteiger partial charge < -0.3 is 33.6 Å². The minimum atomic E-state index is -5.26. The zero-order valence-electron chi connectivity index (χ0n) is 38.3. The maximum absolute atomic E-state index is 13.0. The van der Waals surface area contributed by atoms with E-state index in [-0.39, 0.29) is 226 Å². The Morgan fingerprint density at radius 3 is 1.52 bits per heavy atom. The van der Waals surface area contributed by atoms with Crippen LogP contribution >= 0.6 is 0 Å². The third-order valence-electron chi connectivity index (χ3n) is 10.1. The van der Waals surface area contributed by atoms with Crippen molar-refractivity contribution in [1.29, 1.82) is 5.41 Å². The SMILES string of the molecule is N=C1C=CC2=CC(S(=O)(=O)[O-])=CC(=O)C2=C1N=Nc1ccc(N=Nc2ccc(NNc3cc(S(=O)(=O)[O-])c4cccc(S(=O)(=O)[O-])c4c3)c3ccc(S(=O)(=O)[O-])cc23)c2cc(S(=O)(=O)[O-])ccc12.[Na+].[Na+].[Na+].[Na+].[Na+]. The van der Waals surface area contributed by atoms with E-state index in [9.17, 15) is 69.6 Å². The minimum Gasteiger partial charge on any atom is -0.744 e. The molecule has 6 aromatic carbocycles. The molecule has 8 rings (SSSR count). The molecule has 0 spiro atoms. The normalized spacial score (nSPS) is 14.1. The molecule has 0 unspecified atom stereocenters. The smallest absolute Gasteiger partial charge is 0.744 e. The maximum atomic E-state index is 13.0. The van der Waals surface area contributed by atoms with Crippen molar-refractivity contribution in [3.63, 3.8) is 0 Å². The summed E-state index contributed by atoms with van der Waals surface area (Å²) in [4.78, 5) is 9.05. The van der Waals surface area contributed by atoms with Crippen molar-refractivity contribution >= 4 is 123 Å². The molecule has 0 atom stereocenters. The number of hydrogen-bond donors (Lipinski definition) is 3. The van der Waals surface area contributed by atoms with Crippen LogP contribution < -0.4 is 159 Å². The van der Waals surface area contributed by atoms with Crippen molar-refractivity contribution in [2.24, 2.45) is 20.5 Å². The Kier molecular flexibility index (Phi) is 21.9. The standard InChI is InChI=1S/C40H27N7O16S5.5Na/c41-31-9-4-20-14-24(66(55,56)57)19-36(48)39(20)40(31)47-46-33-11-13-35(29-18-23(65(52,53)54)6-8-26(29)33)45-44-34-12-10-32(25-7-5-22(17-28(25)34)64(49,50)51)43-42-21-15-30-27(38(16-21)68(61,62)63)2-1-3-37(30)67(58,59)60;;;;;/h1-19,41-43H,(H,49,50,51)(H,52,53,54)(H,55,56,57)(H,58,59,60)(H,61,62,63);;;;;/q;5*+1/p-5. The van der Waals surface area contributed by atoms with Gasteiger partial charge in [0.1, 0.15) is 56.3 Å². The number of ketones is 1. The number of azo groups is 2. The van der Waals surface area contributed by atoms with E-state index in [1.807, 2.05) is 0 Å². The summed E-state index contributed by atoms with van der Waals surface area (Å²) in [7, 11) is -25.7. The summed E-state index contributed by atoms with van der Waals surface area (Å²) < 4.78 is 180. The van der Waals surface area contributed by atoms with Crippen LogP contribution in [-0.2, 0) is 55.4 Å². The van der Waals surface area contributed by atoms with Crippen LogP contribution in [0.4, 0.5) is 28.4 Å². The fourth-order valence-corrected chi connectivity index (χ4v) is 10.0. The Morgan fingerprint density at radius 1 is 0.452 bits per heavy atom. The zero-order chi connectivity index (χ0) is 49.3. The molecule has 0 aliphatic heterocycles. The minimum absolute atomic E-state index is 0. The number of hydrazine groups is 1. The van der Waals surface area contributed by atoms with E-state index in [0.29, 0.717) is 6.08 Å². The molecule has 0 saturated carbocycles. The molecule has 0 bridgehead atoms. The van der Waals surface area contributed by atoms with Gasteiger partial charge in [0, 0.05) is 38.4 Å². The first-order chi connectivity index (χ1) is 31.7. The van der Waals surface area contributed by atoms with Crippen molar-refractivity contribution in [2.45, 2.75) is 19.6 Å². The molecule has 0 fully saturated rings. The Morgan fingerprint density at radius 2 is 0.973 bits per heavy atom. The van der Waals surface area contributed by atoms with Gasteiger partial charge in [0.05, 0.1) is 64.2 Å². The number of carbonyl (C=O) groups is 1. The molecule has 0 aromatic heterocycles. The molecule has 0 radical (unpaired) electrons. The average Bonchev–Trinajstić information content (AvgIpc) is 3.25. The number of benzene rings is 6. The summed E-state index contributed by atoms with van der Waals surface area (Å²) in [5.41, 5.74) is 3.98. The zero-order valence-corrected chi connectivity index (χ0v) is 52.4. The van der Waals surface area contributed by atoms with Crippen LogP contribution in [0, 0.1) is 5.41 Å². The topological polar surface area (TPSA) is 400 Å². The second-order valence-corrected chi connectivity index (χ2v) is 21.2. The second-order valence-electron chi connectivity index (χ2n) is 14.4. The first-order valence-corrected chi connectivity index (χ1v) is 25.6. The summed E-state index contributed by atoms with van der Waals surface area (Å²) in [6, 6.07) is 16.5. The molecule has 0 heterocycles. The van der Waals surface area contributed by atoms with Crippen molar-refractivity contribution < 1.29 is 217 Å². The second kappa shape index (κ2) is 24.6. The summed E-state index contributed by atoms with van der Waals surface area (Å²) in [6.07, 6.45) is 3.92. The van der Waals surface area contributed by atoms with Gasteiger partial charge in [0.25, 0.3) is 0 Å². The van der Waals surface area contributed by atoms with E-state index < -0.39 is 86.2 Å². The maximum Gasteiger partial charge on any atom is 1.00 e. The molecule has 2 aliphatic rings. The van der Waals surface area contributed by atoms with Gasteiger partial charge in [-0.25, -0.2) is 42.1 Å². The van der Waals surface area contributed by atoms with E-state index >= 15 is 0 Å². The van der Waals surface area contributed by atoms with Gasteiger partial charge in [-0.15, -0.1) is 20.5 Å². The molecule has 0 amide bonds. The number of nitrogens with zero attached hydrogens (tertiary/aromatic N) is 4. The van der Waals surface area contributed by atoms with Gasteiger partial charge in [-0.05, 0) is 84.5 Å². The summed E-state index contributed by atoms with van der Waals surface area (Å²) in [6.45, 7) is 0. The van der Waals surface area contributed by atoms with E-state index in [2.05, 4.69) is 31.3 Å².